The van der Waals surface area contributed by atoms with Gasteiger partial charge in [-0.1, -0.05) is 0 Å². The molecule has 0 saturated heterocycles. The van der Waals surface area contributed by atoms with E-state index in [4.69, 9.17) is 14.2 Å². The molecule has 0 bridgehead atoms. The molecular formula is C19H18N2O5S. The second kappa shape index (κ2) is 7.63. The predicted octanol–water partition coefficient (Wildman–Crippen LogP) is 3.21. The van der Waals surface area contributed by atoms with Crippen LogP contribution in [0.25, 0.3) is 16.3 Å². The molecule has 1 N–H and O–H groups in total. The van der Waals surface area contributed by atoms with E-state index in [1.807, 2.05) is 6.92 Å². The lowest BCUT2D eigenvalue weighted by Crippen LogP contribution is -2.13. The average Bonchev–Trinajstić information content (AvgIpc) is 3.06. The summed E-state index contributed by atoms with van der Waals surface area (Å²) in [6.45, 7) is 1.88. The Morgan fingerprint density at radius 1 is 1.11 bits per heavy atom. The van der Waals surface area contributed by atoms with Crippen molar-refractivity contribution in [3.8, 4) is 17.2 Å². The van der Waals surface area contributed by atoms with Crippen LogP contribution in [0.15, 0.2) is 29.1 Å². The lowest BCUT2D eigenvalue weighted by Gasteiger charge is -2.12. The number of aryl methyl sites for hydroxylation is 1. The molecule has 0 saturated carbocycles. The number of aromatic nitrogens is 2. The first kappa shape index (κ1) is 18.7. The van der Waals surface area contributed by atoms with Crippen LogP contribution < -0.4 is 19.8 Å². The smallest absolute Gasteiger partial charge is 0.260 e. The Morgan fingerprint density at radius 2 is 1.78 bits per heavy atom. The van der Waals surface area contributed by atoms with Crippen molar-refractivity contribution >= 4 is 33.4 Å². The molecule has 0 unspecified atom stereocenters. The van der Waals surface area contributed by atoms with Crippen LogP contribution in [-0.2, 0) is 0 Å². The number of allylic oxidation sites excluding steroid dienone is 1. The number of methoxy groups -OCH3 is 3. The second-order valence-electron chi connectivity index (χ2n) is 5.63. The largest absolute Gasteiger partial charge is 0.496 e. The van der Waals surface area contributed by atoms with Crippen molar-refractivity contribution in [3.05, 3.63) is 50.9 Å². The molecule has 0 atom stereocenters. The van der Waals surface area contributed by atoms with Crippen molar-refractivity contribution in [2.24, 2.45) is 0 Å². The summed E-state index contributed by atoms with van der Waals surface area (Å²) in [5.74, 6) is 1.09. The zero-order valence-corrected chi connectivity index (χ0v) is 16.1. The van der Waals surface area contributed by atoms with Crippen LogP contribution >= 0.6 is 11.3 Å². The molecule has 0 aliphatic rings. The number of hydrogen-bond acceptors (Lipinski definition) is 7. The Balaban J connectivity index is 1.99. The van der Waals surface area contributed by atoms with Crippen LogP contribution in [-0.4, -0.2) is 37.1 Å². The van der Waals surface area contributed by atoms with Crippen molar-refractivity contribution in [3.63, 3.8) is 0 Å². The van der Waals surface area contributed by atoms with Gasteiger partial charge in [-0.05, 0) is 25.1 Å². The number of ketones is 1. The lowest BCUT2D eigenvalue weighted by molar-refractivity contribution is 0.103. The van der Waals surface area contributed by atoms with E-state index >= 15 is 0 Å². The summed E-state index contributed by atoms with van der Waals surface area (Å²) in [7, 11) is 4.57. The molecule has 0 amide bonds. The number of thiophene rings is 1. The normalized spacial score (nSPS) is 11.1. The van der Waals surface area contributed by atoms with E-state index in [0.29, 0.717) is 33.0 Å². The topological polar surface area (TPSA) is 90.5 Å². The number of rotatable bonds is 6. The van der Waals surface area contributed by atoms with Gasteiger partial charge in [-0.3, -0.25) is 9.59 Å². The zero-order chi connectivity index (χ0) is 19.6. The number of carbonyl (C=O) groups is 1. The molecule has 27 heavy (non-hydrogen) atoms. The van der Waals surface area contributed by atoms with E-state index in [0.717, 1.165) is 4.88 Å². The minimum atomic E-state index is -0.431. The molecule has 1 aromatic carbocycles. The molecule has 3 aromatic rings. The molecule has 8 heteroatoms. The molecule has 0 aliphatic heterocycles. The third kappa shape index (κ3) is 3.70. The van der Waals surface area contributed by atoms with Crippen LogP contribution in [0.3, 0.4) is 0 Å². The average molecular weight is 386 g/mol. The monoisotopic (exact) mass is 386 g/mol. The third-order valence-corrected chi connectivity index (χ3v) is 4.86. The Hall–Kier alpha value is -3.13. The maximum Gasteiger partial charge on any atom is 0.260 e. The number of aromatic amines is 1. The maximum absolute atomic E-state index is 12.5. The van der Waals surface area contributed by atoms with Gasteiger partial charge in [0.2, 0.25) is 5.78 Å². The second-order valence-corrected chi connectivity index (χ2v) is 6.87. The Labute approximate surface area is 159 Å². The Morgan fingerprint density at radius 3 is 2.37 bits per heavy atom. The highest BCUT2D eigenvalue weighted by Crippen LogP contribution is 2.35. The highest BCUT2D eigenvalue weighted by molar-refractivity contribution is 7.18. The van der Waals surface area contributed by atoms with Gasteiger partial charge >= 0.3 is 0 Å². The van der Waals surface area contributed by atoms with Crippen molar-refractivity contribution in [1.82, 2.24) is 9.97 Å². The van der Waals surface area contributed by atoms with Gasteiger partial charge < -0.3 is 19.2 Å². The molecule has 0 aliphatic carbocycles. The Bertz CT molecular complexity index is 1070. The van der Waals surface area contributed by atoms with Gasteiger partial charge in [0, 0.05) is 17.0 Å². The fourth-order valence-corrected chi connectivity index (χ4v) is 3.48. The van der Waals surface area contributed by atoms with Crippen LogP contribution in [0.2, 0.25) is 0 Å². The molecule has 0 spiro atoms. The summed E-state index contributed by atoms with van der Waals surface area (Å²) >= 11 is 1.37. The highest BCUT2D eigenvalue weighted by Gasteiger charge is 2.14. The van der Waals surface area contributed by atoms with E-state index in [9.17, 15) is 9.59 Å². The van der Waals surface area contributed by atoms with Crippen LogP contribution in [0, 0.1) is 6.92 Å². The first-order valence-electron chi connectivity index (χ1n) is 7.99. The first-order chi connectivity index (χ1) is 13.0. The fraction of sp³-hybridized carbons (Fsp3) is 0.211. The minimum Gasteiger partial charge on any atom is -0.496 e. The number of ether oxygens (including phenoxy) is 3. The van der Waals surface area contributed by atoms with Crippen LogP contribution in [0.1, 0.15) is 21.1 Å². The van der Waals surface area contributed by atoms with Crippen LogP contribution in [0.4, 0.5) is 0 Å². The SMILES string of the molecule is COc1cc(OC)c(/C=C/C(=O)c2nc3sc(C)cc3c(=O)[nH]2)c(OC)c1. The molecule has 2 heterocycles. The van der Waals surface area contributed by atoms with Gasteiger partial charge in [-0.25, -0.2) is 4.98 Å². The lowest BCUT2D eigenvalue weighted by atomic mass is 10.1. The number of fused-ring (bicyclic) bond motifs is 1. The van der Waals surface area contributed by atoms with E-state index in [1.165, 1.54) is 38.7 Å². The Kier molecular flexibility index (Phi) is 5.27. The van der Waals surface area contributed by atoms with Gasteiger partial charge in [0.15, 0.2) is 5.82 Å². The summed E-state index contributed by atoms with van der Waals surface area (Å²) in [6.07, 6.45) is 2.88. The summed E-state index contributed by atoms with van der Waals surface area (Å²) in [6, 6.07) is 5.13. The number of nitrogens with zero attached hydrogens (tertiary/aromatic N) is 1. The zero-order valence-electron chi connectivity index (χ0n) is 15.3. The van der Waals surface area contributed by atoms with Crippen molar-refractivity contribution in [2.45, 2.75) is 6.92 Å². The molecule has 0 radical (unpaired) electrons. The number of H-pyrrole nitrogens is 1. The fourth-order valence-electron chi connectivity index (χ4n) is 2.60. The molecule has 0 fully saturated rings. The number of carbonyl (C=O) groups excluding carboxylic acids is 1. The van der Waals surface area contributed by atoms with Gasteiger partial charge in [0.1, 0.15) is 22.1 Å². The highest BCUT2D eigenvalue weighted by atomic mass is 32.1. The summed E-state index contributed by atoms with van der Waals surface area (Å²) in [5, 5.41) is 0.483. The molecule has 3 rings (SSSR count). The number of nitrogens with one attached hydrogen (secondary N) is 1. The molecular weight excluding hydrogens is 368 g/mol. The number of benzene rings is 1. The maximum atomic E-state index is 12.5. The first-order valence-corrected chi connectivity index (χ1v) is 8.81. The minimum absolute atomic E-state index is 0.0166. The summed E-state index contributed by atoms with van der Waals surface area (Å²) in [5.41, 5.74) is 0.241. The van der Waals surface area contributed by atoms with E-state index in [2.05, 4.69) is 9.97 Å². The van der Waals surface area contributed by atoms with E-state index in [1.54, 1.807) is 24.3 Å². The molecule has 2 aromatic heterocycles. The van der Waals surface area contributed by atoms with Gasteiger partial charge in [0.05, 0.1) is 32.3 Å². The van der Waals surface area contributed by atoms with Gasteiger partial charge in [-0.2, -0.15) is 0 Å². The standard InChI is InChI=1S/C19H18N2O5S/c1-10-7-13-18(23)20-17(21-19(13)27-10)14(22)6-5-12-15(25-3)8-11(24-2)9-16(12)26-4/h5-9H,1-4H3,(H,20,21,23)/b6-5+. The third-order valence-electron chi connectivity index (χ3n) is 3.91. The molecule has 140 valence electrons. The van der Waals surface area contributed by atoms with Crippen LogP contribution in [0.5, 0.6) is 17.2 Å². The predicted molar refractivity (Wildman–Crippen MR) is 104 cm³/mol. The quantitative estimate of drug-likeness (QED) is 0.517. The summed E-state index contributed by atoms with van der Waals surface area (Å²) in [4.78, 5) is 32.9. The summed E-state index contributed by atoms with van der Waals surface area (Å²) < 4.78 is 15.9. The van der Waals surface area contributed by atoms with Crippen molar-refractivity contribution < 1.29 is 19.0 Å². The van der Waals surface area contributed by atoms with Gasteiger partial charge in [0.25, 0.3) is 5.56 Å². The van der Waals surface area contributed by atoms with E-state index in [-0.39, 0.29) is 11.4 Å². The van der Waals surface area contributed by atoms with E-state index < -0.39 is 5.78 Å². The van der Waals surface area contributed by atoms with Gasteiger partial charge in [-0.15, -0.1) is 11.3 Å². The molecule has 7 nitrogen and oxygen atoms in total. The number of hydrogen-bond donors (Lipinski definition) is 1. The van der Waals surface area contributed by atoms with Crippen molar-refractivity contribution in [2.75, 3.05) is 21.3 Å². The van der Waals surface area contributed by atoms with Crippen molar-refractivity contribution in [1.29, 1.82) is 0 Å².